The van der Waals surface area contributed by atoms with Crippen LogP contribution in [0.2, 0.25) is 0 Å². The van der Waals surface area contributed by atoms with Crippen molar-refractivity contribution in [3.63, 3.8) is 0 Å². The van der Waals surface area contributed by atoms with Crippen molar-refractivity contribution in [2.24, 2.45) is 5.92 Å². The van der Waals surface area contributed by atoms with E-state index in [1.807, 2.05) is 24.3 Å². The van der Waals surface area contributed by atoms with Crippen LogP contribution >= 0.6 is 11.6 Å². The van der Waals surface area contributed by atoms with Crippen molar-refractivity contribution in [1.29, 1.82) is 0 Å². The van der Waals surface area contributed by atoms with Gasteiger partial charge in [-0.3, -0.25) is 0 Å². The molecule has 1 atom stereocenters. The fourth-order valence-electron chi connectivity index (χ4n) is 1.93. The largest absolute Gasteiger partial charge is 0.497 e. The molecule has 5 heteroatoms. The van der Waals surface area contributed by atoms with Gasteiger partial charge in [0.15, 0.2) is 9.84 Å². The Kier molecular flexibility index (Phi) is 6.83. The summed E-state index contributed by atoms with van der Waals surface area (Å²) in [5, 5.41) is -0.324. The van der Waals surface area contributed by atoms with Crippen LogP contribution in [0.25, 0.3) is 0 Å². The van der Waals surface area contributed by atoms with Crippen LogP contribution in [0, 0.1) is 5.92 Å². The second kappa shape index (κ2) is 7.89. The van der Waals surface area contributed by atoms with Gasteiger partial charge >= 0.3 is 0 Å². The fourth-order valence-corrected chi connectivity index (χ4v) is 3.33. The number of halogens is 1. The first-order chi connectivity index (χ1) is 9.39. The standard InChI is InChI=1S/C15H23ClO3S/c1-12(2)20(17,18)8-7-14(11-16)9-13-5-4-6-15(10-13)19-3/h4-6,10,12,14H,7-9,11H2,1-3H3. The molecule has 0 saturated heterocycles. The lowest BCUT2D eigenvalue weighted by Crippen LogP contribution is -2.21. The molecule has 0 spiro atoms. The van der Waals surface area contributed by atoms with Crippen molar-refractivity contribution in [1.82, 2.24) is 0 Å². The maximum absolute atomic E-state index is 11.8. The molecule has 0 aliphatic rings. The highest BCUT2D eigenvalue weighted by Crippen LogP contribution is 2.20. The highest BCUT2D eigenvalue weighted by atomic mass is 35.5. The van der Waals surface area contributed by atoms with Gasteiger partial charge in [-0.25, -0.2) is 8.42 Å². The van der Waals surface area contributed by atoms with Crippen LogP contribution in [0.5, 0.6) is 5.75 Å². The monoisotopic (exact) mass is 318 g/mol. The Morgan fingerprint density at radius 2 is 2.00 bits per heavy atom. The van der Waals surface area contributed by atoms with Gasteiger partial charge in [-0.2, -0.15) is 0 Å². The molecule has 20 heavy (non-hydrogen) atoms. The summed E-state index contributed by atoms with van der Waals surface area (Å²) < 4.78 is 28.9. The Morgan fingerprint density at radius 3 is 2.55 bits per heavy atom. The topological polar surface area (TPSA) is 43.4 Å². The molecule has 0 N–H and O–H groups in total. The summed E-state index contributed by atoms with van der Waals surface area (Å²) >= 11 is 5.97. The van der Waals surface area contributed by atoms with Crippen LogP contribution in [0.3, 0.4) is 0 Å². The maximum Gasteiger partial charge on any atom is 0.152 e. The molecule has 0 aliphatic heterocycles. The Labute approximate surface area is 127 Å². The molecule has 1 unspecified atom stereocenters. The molecule has 0 amide bonds. The lowest BCUT2D eigenvalue weighted by atomic mass is 9.98. The molecule has 0 bridgehead atoms. The van der Waals surface area contributed by atoms with Crippen molar-refractivity contribution in [2.45, 2.75) is 31.9 Å². The molecule has 0 aliphatic carbocycles. The van der Waals surface area contributed by atoms with E-state index >= 15 is 0 Å². The van der Waals surface area contributed by atoms with Gasteiger partial charge in [0.25, 0.3) is 0 Å². The number of methoxy groups -OCH3 is 1. The summed E-state index contributed by atoms with van der Waals surface area (Å²) in [7, 11) is -1.36. The number of ether oxygens (including phenoxy) is 1. The molecule has 0 radical (unpaired) electrons. The van der Waals surface area contributed by atoms with E-state index in [0.717, 1.165) is 17.7 Å². The van der Waals surface area contributed by atoms with Crippen molar-refractivity contribution in [2.75, 3.05) is 18.7 Å². The molecule has 0 fully saturated rings. The zero-order valence-electron chi connectivity index (χ0n) is 12.3. The Morgan fingerprint density at radius 1 is 1.30 bits per heavy atom. The number of hydrogen-bond acceptors (Lipinski definition) is 3. The lowest BCUT2D eigenvalue weighted by molar-refractivity contribution is 0.413. The van der Waals surface area contributed by atoms with Crippen LogP contribution < -0.4 is 4.74 Å². The van der Waals surface area contributed by atoms with E-state index in [2.05, 4.69) is 0 Å². The van der Waals surface area contributed by atoms with E-state index in [1.165, 1.54) is 0 Å². The smallest absolute Gasteiger partial charge is 0.152 e. The van der Waals surface area contributed by atoms with Crippen molar-refractivity contribution < 1.29 is 13.2 Å². The molecule has 0 aromatic heterocycles. The average molecular weight is 319 g/mol. The summed E-state index contributed by atoms with van der Waals surface area (Å²) in [6.07, 6.45) is 1.37. The van der Waals surface area contributed by atoms with E-state index in [1.54, 1.807) is 21.0 Å². The summed E-state index contributed by atoms with van der Waals surface area (Å²) in [4.78, 5) is 0. The van der Waals surface area contributed by atoms with Crippen molar-refractivity contribution in [3.8, 4) is 5.75 Å². The predicted molar refractivity (Wildman–Crippen MR) is 84.4 cm³/mol. The number of alkyl halides is 1. The molecular weight excluding hydrogens is 296 g/mol. The van der Waals surface area contributed by atoms with Crippen LogP contribution in [0.4, 0.5) is 0 Å². The van der Waals surface area contributed by atoms with Crippen molar-refractivity contribution in [3.05, 3.63) is 29.8 Å². The van der Waals surface area contributed by atoms with Gasteiger partial charge in [0.2, 0.25) is 0 Å². The molecular formula is C15H23ClO3S. The van der Waals surface area contributed by atoms with E-state index in [9.17, 15) is 8.42 Å². The molecule has 114 valence electrons. The van der Waals surface area contributed by atoms with E-state index < -0.39 is 9.84 Å². The fraction of sp³-hybridized carbons (Fsp3) is 0.600. The third kappa shape index (κ3) is 5.33. The second-order valence-electron chi connectivity index (χ2n) is 5.28. The Hall–Kier alpha value is -0.740. The van der Waals surface area contributed by atoms with Gasteiger partial charge in [0, 0.05) is 5.88 Å². The van der Waals surface area contributed by atoms with Crippen LogP contribution in [-0.4, -0.2) is 32.4 Å². The molecule has 3 nitrogen and oxygen atoms in total. The maximum atomic E-state index is 11.8. The van der Waals surface area contributed by atoms with Crippen LogP contribution in [0.1, 0.15) is 25.8 Å². The van der Waals surface area contributed by atoms with Gasteiger partial charge in [0.1, 0.15) is 5.75 Å². The Balaban J connectivity index is 2.63. The van der Waals surface area contributed by atoms with E-state index in [-0.39, 0.29) is 16.9 Å². The number of hydrogen-bond donors (Lipinski definition) is 0. The molecule has 0 saturated carbocycles. The van der Waals surface area contributed by atoms with Gasteiger partial charge < -0.3 is 4.74 Å². The summed E-state index contributed by atoms with van der Waals surface area (Å²) in [5.41, 5.74) is 1.12. The second-order valence-corrected chi connectivity index (χ2v) is 8.27. The quantitative estimate of drug-likeness (QED) is 0.691. The van der Waals surface area contributed by atoms with E-state index in [0.29, 0.717) is 12.3 Å². The highest BCUT2D eigenvalue weighted by molar-refractivity contribution is 7.91. The zero-order chi connectivity index (χ0) is 15.2. The number of sulfone groups is 1. The molecule has 1 aromatic carbocycles. The summed E-state index contributed by atoms with van der Waals surface area (Å²) in [6.45, 7) is 3.43. The molecule has 1 rings (SSSR count). The van der Waals surface area contributed by atoms with Crippen LogP contribution in [-0.2, 0) is 16.3 Å². The number of benzene rings is 1. The van der Waals surface area contributed by atoms with Gasteiger partial charge in [-0.05, 0) is 50.3 Å². The van der Waals surface area contributed by atoms with Gasteiger partial charge in [-0.1, -0.05) is 12.1 Å². The third-order valence-electron chi connectivity index (χ3n) is 3.41. The predicted octanol–water partition coefficient (Wildman–Crippen LogP) is 3.31. The van der Waals surface area contributed by atoms with Crippen LogP contribution in [0.15, 0.2) is 24.3 Å². The highest BCUT2D eigenvalue weighted by Gasteiger charge is 2.19. The van der Waals surface area contributed by atoms with Crippen molar-refractivity contribution >= 4 is 21.4 Å². The average Bonchev–Trinajstić information content (AvgIpc) is 2.43. The van der Waals surface area contributed by atoms with Gasteiger partial charge in [-0.15, -0.1) is 11.6 Å². The van der Waals surface area contributed by atoms with E-state index in [4.69, 9.17) is 16.3 Å². The number of rotatable bonds is 8. The minimum absolute atomic E-state index is 0.164. The molecule has 0 heterocycles. The third-order valence-corrected chi connectivity index (χ3v) is 6.08. The summed E-state index contributed by atoms with van der Waals surface area (Å²) in [6, 6.07) is 7.81. The van der Waals surface area contributed by atoms with Gasteiger partial charge in [0.05, 0.1) is 18.1 Å². The first-order valence-electron chi connectivity index (χ1n) is 6.79. The molecule has 1 aromatic rings. The normalized spacial score (nSPS) is 13.4. The first-order valence-corrected chi connectivity index (χ1v) is 9.04. The Bertz CT molecular complexity index is 512. The lowest BCUT2D eigenvalue weighted by Gasteiger charge is -2.15. The minimum atomic E-state index is -2.99. The first kappa shape index (κ1) is 17.3. The minimum Gasteiger partial charge on any atom is -0.497 e. The summed E-state index contributed by atoms with van der Waals surface area (Å²) in [5.74, 6) is 1.64. The SMILES string of the molecule is COc1cccc(CC(CCl)CCS(=O)(=O)C(C)C)c1. The zero-order valence-corrected chi connectivity index (χ0v) is 13.9.